The van der Waals surface area contributed by atoms with Gasteiger partial charge in [0.15, 0.2) is 0 Å². The third-order valence-corrected chi connectivity index (χ3v) is 5.48. The summed E-state index contributed by atoms with van der Waals surface area (Å²) in [5.74, 6) is 0.613. The van der Waals surface area contributed by atoms with E-state index >= 15 is 0 Å². The van der Waals surface area contributed by atoms with Crippen molar-refractivity contribution in [3.8, 4) is 0 Å². The van der Waals surface area contributed by atoms with Crippen LogP contribution >= 0.6 is 23.7 Å². The molecule has 0 radical (unpaired) electrons. The molecular formula is C16H23ClN4O2S. The van der Waals surface area contributed by atoms with E-state index in [1.54, 1.807) is 0 Å². The van der Waals surface area contributed by atoms with Crippen LogP contribution in [0.4, 0.5) is 0 Å². The number of carbonyl (C=O) groups excluding carboxylic acids is 1. The van der Waals surface area contributed by atoms with Gasteiger partial charge in [-0.3, -0.25) is 9.59 Å². The predicted molar refractivity (Wildman–Crippen MR) is 99.3 cm³/mol. The van der Waals surface area contributed by atoms with E-state index in [4.69, 9.17) is 0 Å². The van der Waals surface area contributed by atoms with Crippen molar-refractivity contribution in [2.24, 2.45) is 0 Å². The molecule has 0 aromatic carbocycles. The second-order valence-corrected chi connectivity index (χ2v) is 7.27. The highest BCUT2D eigenvalue weighted by Gasteiger charge is 2.16. The normalized spacial score (nSPS) is 15.2. The molecule has 0 aliphatic carbocycles. The lowest BCUT2D eigenvalue weighted by molar-refractivity contribution is -0.121. The zero-order valence-electron chi connectivity index (χ0n) is 13.9. The Labute approximate surface area is 150 Å². The van der Waals surface area contributed by atoms with Gasteiger partial charge in [-0.2, -0.15) is 0 Å². The lowest BCUT2D eigenvalue weighted by atomic mass is 10.1. The molecule has 3 rings (SSSR count). The van der Waals surface area contributed by atoms with Crippen LogP contribution < -0.4 is 16.2 Å². The lowest BCUT2D eigenvalue weighted by Crippen LogP contribution is -2.42. The number of aromatic amines is 1. The van der Waals surface area contributed by atoms with Crippen LogP contribution in [0.2, 0.25) is 0 Å². The van der Waals surface area contributed by atoms with Crippen molar-refractivity contribution in [3.05, 3.63) is 26.6 Å². The SMILES string of the molecule is Cc1sc2nc(CCC(=O)NC3CCNCC3)[nH]c(=O)c2c1C.Cl. The summed E-state index contributed by atoms with van der Waals surface area (Å²) in [7, 11) is 0. The van der Waals surface area contributed by atoms with Gasteiger partial charge in [-0.25, -0.2) is 4.98 Å². The molecule has 132 valence electrons. The number of rotatable bonds is 4. The number of piperidine rings is 1. The number of amides is 1. The summed E-state index contributed by atoms with van der Waals surface area (Å²) < 4.78 is 0. The maximum atomic E-state index is 12.2. The number of fused-ring (bicyclic) bond motifs is 1. The second-order valence-electron chi connectivity index (χ2n) is 6.07. The second kappa shape index (κ2) is 8.09. The number of thiophene rings is 1. The zero-order chi connectivity index (χ0) is 16.4. The molecule has 3 N–H and O–H groups in total. The van der Waals surface area contributed by atoms with Crippen LogP contribution in [0, 0.1) is 13.8 Å². The fraction of sp³-hybridized carbons (Fsp3) is 0.562. The molecule has 1 amide bonds. The molecule has 2 aromatic rings. The number of nitrogens with one attached hydrogen (secondary N) is 3. The highest BCUT2D eigenvalue weighted by atomic mass is 35.5. The number of H-pyrrole nitrogens is 1. The quantitative estimate of drug-likeness (QED) is 0.766. The molecular weight excluding hydrogens is 348 g/mol. The van der Waals surface area contributed by atoms with Gasteiger partial charge < -0.3 is 15.6 Å². The van der Waals surface area contributed by atoms with Gasteiger partial charge >= 0.3 is 0 Å². The van der Waals surface area contributed by atoms with Crippen molar-refractivity contribution < 1.29 is 4.79 Å². The lowest BCUT2D eigenvalue weighted by Gasteiger charge is -2.23. The summed E-state index contributed by atoms with van der Waals surface area (Å²) in [6, 6.07) is 0.265. The van der Waals surface area contributed by atoms with Gasteiger partial charge in [0, 0.05) is 23.8 Å². The van der Waals surface area contributed by atoms with Crippen LogP contribution in [0.25, 0.3) is 10.2 Å². The van der Waals surface area contributed by atoms with E-state index in [0.29, 0.717) is 24.1 Å². The monoisotopic (exact) mass is 370 g/mol. The molecule has 0 spiro atoms. The van der Waals surface area contributed by atoms with E-state index in [1.165, 1.54) is 11.3 Å². The summed E-state index contributed by atoms with van der Waals surface area (Å²) in [6.45, 7) is 5.84. The number of nitrogens with zero attached hydrogens (tertiary/aromatic N) is 1. The van der Waals surface area contributed by atoms with E-state index in [0.717, 1.165) is 41.2 Å². The summed E-state index contributed by atoms with van der Waals surface area (Å²) in [6.07, 6.45) is 2.75. The molecule has 0 saturated carbocycles. The Balaban J connectivity index is 0.00000208. The standard InChI is InChI=1S/C16H22N4O2S.ClH/c1-9-10(2)23-16-14(9)15(22)19-12(20-16)3-4-13(21)18-11-5-7-17-8-6-11;/h11,17H,3-8H2,1-2H3,(H,18,21)(H,19,20,22);1H. The van der Waals surface area contributed by atoms with Crippen LogP contribution in [0.5, 0.6) is 0 Å². The molecule has 8 heteroatoms. The van der Waals surface area contributed by atoms with Crippen molar-refractivity contribution in [2.75, 3.05) is 13.1 Å². The molecule has 24 heavy (non-hydrogen) atoms. The van der Waals surface area contributed by atoms with E-state index < -0.39 is 0 Å². The first-order valence-corrected chi connectivity index (χ1v) is 8.85. The molecule has 0 bridgehead atoms. The minimum absolute atomic E-state index is 0. The largest absolute Gasteiger partial charge is 0.353 e. The van der Waals surface area contributed by atoms with Gasteiger partial charge in [-0.05, 0) is 45.3 Å². The highest BCUT2D eigenvalue weighted by molar-refractivity contribution is 7.18. The number of carbonyl (C=O) groups is 1. The van der Waals surface area contributed by atoms with Crippen LogP contribution in [0.15, 0.2) is 4.79 Å². The van der Waals surface area contributed by atoms with Gasteiger partial charge in [0.2, 0.25) is 5.91 Å². The number of hydrogen-bond donors (Lipinski definition) is 3. The number of aryl methyl sites for hydroxylation is 3. The minimum Gasteiger partial charge on any atom is -0.353 e. The van der Waals surface area contributed by atoms with Gasteiger partial charge in [-0.1, -0.05) is 0 Å². The maximum Gasteiger partial charge on any atom is 0.259 e. The molecule has 1 fully saturated rings. The van der Waals surface area contributed by atoms with Crippen LogP contribution in [0.3, 0.4) is 0 Å². The van der Waals surface area contributed by atoms with Crippen LogP contribution in [-0.4, -0.2) is 35.0 Å². The Morgan fingerprint density at radius 2 is 2.04 bits per heavy atom. The average Bonchev–Trinajstić information content (AvgIpc) is 2.81. The molecule has 0 unspecified atom stereocenters. The fourth-order valence-electron chi connectivity index (χ4n) is 2.92. The Bertz CT molecular complexity index is 780. The molecule has 0 atom stereocenters. The number of halogens is 1. The van der Waals surface area contributed by atoms with E-state index in [-0.39, 0.29) is 29.9 Å². The van der Waals surface area contributed by atoms with Crippen LogP contribution in [0.1, 0.15) is 35.5 Å². The number of hydrogen-bond acceptors (Lipinski definition) is 5. The summed E-state index contributed by atoms with van der Waals surface area (Å²) in [5.41, 5.74) is 0.888. The van der Waals surface area contributed by atoms with Crippen molar-refractivity contribution in [1.82, 2.24) is 20.6 Å². The fourth-order valence-corrected chi connectivity index (χ4v) is 3.96. The Hall–Kier alpha value is -1.44. The molecule has 6 nitrogen and oxygen atoms in total. The first-order valence-electron chi connectivity index (χ1n) is 8.03. The molecule has 3 heterocycles. The summed E-state index contributed by atoms with van der Waals surface area (Å²) in [5, 5.41) is 7.01. The zero-order valence-corrected chi connectivity index (χ0v) is 15.5. The van der Waals surface area contributed by atoms with Crippen molar-refractivity contribution in [1.29, 1.82) is 0 Å². The molecule has 1 aliphatic rings. The smallest absolute Gasteiger partial charge is 0.259 e. The summed E-state index contributed by atoms with van der Waals surface area (Å²) >= 11 is 1.53. The third-order valence-electron chi connectivity index (χ3n) is 4.38. The van der Waals surface area contributed by atoms with Crippen molar-refractivity contribution in [3.63, 3.8) is 0 Å². The average molecular weight is 371 g/mol. The summed E-state index contributed by atoms with van der Waals surface area (Å²) in [4.78, 5) is 33.4. The Kier molecular flexibility index (Phi) is 6.37. The Morgan fingerprint density at radius 3 is 2.75 bits per heavy atom. The van der Waals surface area contributed by atoms with Gasteiger partial charge in [0.1, 0.15) is 10.7 Å². The van der Waals surface area contributed by atoms with E-state index in [9.17, 15) is 9.59 Å². The number of aromatic nitrogens is 2. The van der Waals surface area contributed by atoms with Gasteiger partial charge in [-0.15, -0.1) is 23.7 Å². The molecule has 1 aliphatic heterocycles. The first-order chi connectivity index (χ1) is 11.0. The van der Waals surface area contributed by atoms with Gasteiger partial charge in [0.05, 0.1) is 5.39 Å². The molecule has 2 aromatic heterocycles. The van der Waals surface area contributed by atoms with Crippen molar-refractivity contribution in [2.45, 2.75) is 45.6 Å². The van der Waals surface area contributed by atoms with Crippen molar-refractivity contribution >= 4 is 39.9 Å². The molecule has 1 saturated heterocycles. The first kappa shape index (κ1) is 18.9. The third kappa shape index (κ3) is 4.15. The van der Waals surface area contributed by atoms with Crippen LogP contribution in [-0.2, 0) is 11.2 Å². The highest BCUT2D eigenvalue weighted by Crippen LogP contribution is 2.25. The van der Waals surface area contributed by atoms with E-state index in [2.05, 4.69) is 20.6 Å². The minimum atomic E-state index is -0.106. The maximum absolute atomic E-state index is 12.2. The Morgan fingerprint density at radius 1 is 1.33 bits per heavy atom. The van der Waals surface area contributed by atoms with E-state index in [1.807, 2.05) is 13.8 Å². The predicted octanol–water partition coefficient (Wildman–Crippen LogP) is 1.82. The topological polar surface area (TPSA) is 86.9 Å². The van der Waals surface area contributed by atoms with Gasteiger partial charge in [0.25, 0.3) is 5.56 Å².